The molecule has 0 aromatic heterocycles. The highest BCUT2D eigenvalue weighted by molar-refractivity contribution is 6.30. The van der Waals surface area contributed by atoms with E-state index in [9.17, 15) is 4.39 Å². The second-order valence-corrected chi connectivity index (χ2v) is 5.23. The number of ether oxygens (including phenoxy) is 1. The summed E-state index contributed by atoms with van der Waals surface area (Å²) >= 11 is 5.84. The number of nitrogens with one attached hydrogen (secondary N) is 1. The van der Waals surface area contributed by atoms with E-state index >= 15 is 0 Å². The van der Waals surface area contributed by atoms with E-state index in [-0.39, 0.29) is 10.8 Å². The normalized spacial score (nSPS) is 17.0. The molecule has 1 aliphatic heterocycles. The van der Waals surface area contributed by atoms with Crippen LogP contribution in [-0.2, 0) is 11.2 Å². The molecule has 0 spiro atoms. The number of hydrogen-bond donors (Lipinski definition) is 1. The first-order valence-corrected chi connectivity index (χ1v) is 8.80. The van der Waals surface area contributed by atoms with Gasteiger partial charge < -0.3 is 10.1 Å². The second-order valence-electron chi connectivity index (χ2n) is 4.83. The average molecular weight is 332 g/mol. The summed E-state index contributed by atoms with van der Waals surface area (Å²) in [5, 5.41) is 3.65. The SMILES string of the molecule is CC.CC.Cc1cc(CCCC2COCCN2)cc(Cl)c1F. The van der Waals surface area contributed by atoms with Crippen LogP contribution in [0.25, 0.3) is 0 Å². The largest absolute Gasteiger partial charge is 0.379 e. The van der Waals surface area contributed by atoms with Gasteiger partial charge in [0, 0.05) is 12.6 Å². The van der Waals surface area contributed by atoms with Crippen molar-refractivity contribution < 1.29 is 9.13 Å². The Morgan fingerprint density at radius 1 is 1.27 bits per heavy atom. The molecule has 128 valence electrons. The minimum atomic E-state index is -0.303. The number of benzene rings is 1. The first-order chi connectivity index (χ1) is 10.7. The number of rotatable bonds is 4. The third-order valence-electron chi connectivity index (χ3n) is 3.29. The quantitative estimate of drug-likeness (QED) is 0.823. The first kappa shape index (κ1) is 21.4. The first-order valence-electron chi connectivity index (χ1n) is 8.42. The van der Waals surface area contributed by atoms with Gasteiger partial charge in [-0.25, -0.2) is 4.39 Å². The highest BCUT2D eigenvalue weighted by Gasteiger charge is 2.12. The lowest BCUT2D eigenvalue weighted by Gasteiger charge is -2.23. The Labute approximate surface area is 140 Å². The van der Waals surface area contributed by atoms with Crippen molar-refractivity contribution in [1.82, 2.24) is 5.32 Å². The molecule has 22 heavy (non-hydrogen) atoms. The summed E-state index contributed by atoms with van der Waals surface area (Å²) in [4.78, 5) is 0. The fourth-order valence-electron chi connectivity index (χ4n) is 2.30. The standard InChI is InChI=1S/C14H19ClFNO.2C2H6/c1-10-7-11(8-13(15)14(10)16)3-2-4-12-9-18-6-5-17-12;2*1-2/h7-8,12,17H,2-6,9H2,1H3;2*1-2H3. The zero-order valence-corrected chi connectivity index (χ0v) is 15.4. The van der Waals surface area contributed by atoms with E-state index < -0.39 is 0 Å². The summed E-state index contributed by atoms with van der Waals surface area (Å²) in [5.74, 6) is -0.303. The summed E-state index contributed by atoms with van der Waals surface area (Å²) in [6.07, 6.45) is 3.06. The van der Waals surface area contributed by atoms with Gasteiger partial charge in [-0.05, 0) is 43.4 Å². The van der Waals surface area contributed by atoms with Gasteiger partial charge in [0.1, 0.15) is 5.82 Å². The molecule has 1 saturated heterocycles. The topological polar surface area (TPSA) is 21.3 Å². The van der Waals surface area contributed by atoms with Gasteiger partial charge >= 0.3 is 0 Å². The van der Waals surface area contributed by atoms with E-state index in [4.69, 9.17) is 16.3 Å². The number of morpholine rings is 1. The minimum absolute atomic E-state index is 0.226. The maximum absolute atomic E-state index is 13.4. The molecule has 2 nitrogen and oxygen atoms in total. The molecule has 4 heteroatoms. The summed E-state index contributed by atoms with van der Waals surface area (Å²) in [7, 11) is 0. The molecule has 1 unspecified atom stereocenters. The summed E-state index contributed by atoms with van der Waals surface area (Å²) in [6.45, 7) is 12.3. The molecule has 1 atom stereocenters. The molecule has 0 bridgehead atoms. The van der Waals surface area contributed by atoms with Crippen LogP contribution in [0.5, 0.6) is 0 Å². The van der Waals surface area contributed by atoms with Crippen LogP contribution in [0.4, 0.5) is 4.39 Å². The smallest absolute Gasteiger partial charge is 0.144 e. The molecular weight excluding hydrogens is 301 g/mol. The summed E-state index contributed by atoms with van der Waals surface area (Å²) in [5.41, 5.74) is 1.73. The maximum atomic E-state index is 13.4. The van der Waals surface area contributed by atoms with Crippen molar-refractivity contribution in [1.29, 1.82) is 0 Å². The van der Waals surface area contributed by atoms with Crippen molar-refractivity contribution in [3.63, 3.8) is 0 Å². The van der Waals surface area contributed by atoms with Gasteiger partial charge in [0.2, 0.25) is 0 Å². The van der Waals surface area contributed by atoms with Crippen molar-refractivity contribution in [2.75, 3.05) is 19.8 Å². The van der Waals surface area contributed by atoms with Crippen LogP contribution in [0, 0.1) is 12.7 Å². The fourth-order valence-corrected chi connectivity index (χ4v) is 2.59. The molecule has 0 aliphatic carbocycles. The highest BCUT2D eigenvalue weighted by atomic mass is 35.5. The molecule has 1 aromatic rings. The maximum Gasteiger partial charge on any atom is 0.144 e. The molecule has 1 aliphatic rings. The van der Waals surface area contributed by atoms with Crippen molar-refractivity contribution in [3.8, 4) is 0 Å². The molecule has 1 heterocycles. The Morgan fingerprint density at radius 3 is 2.50 bits per heavy atom. The molecule has 1 aromatic carbocycles. The Hall–Kier alpha value is -0.640. The van der Waals surface area contributed by atoms with Gasteiger partial charge in [-0.1, -0.05) is 45.4 Å². The highest BCUT2D eigenvalue weighted by Crippen LogP contribution is 2.21. The van der Waals surface area contributed by atoms with Gasteiger partial charge in [0.25, 0.3) is 0 Å². The van der Waals surface area contributed by atoms with E-state index in [1.54, 1.807) is 13.0 Å². The fraction of sp³-hybridized carbons (Fsp3) is 0.667. The zero-order chi connectivity index (χ0) is 17.0. The second kappa shape index (κ2) is 12.9. The van der Waals surface area contributed by atoms with Crippen LogP contribution < -0.4 is 5.32 Å². The predicted octanol–water partition coefficient (Wildman–Crippen LogP) is 5.15. The van der Waals surface area contributed by atoms with E-state index in [0.717, 1.165) is 44.6 Å². The van der Waals surface area contributed by atoms with Crippen molar-refractivity contribution >= 4 is 11.6 Å². The van der Waals surface area contributed by atoms with E-state index in [1.807, 2.05) is 33.8 Å². The van der Waals surface area contributed by atoms with Crippen LogP contribution in [0.1, 0.15) is 51.7 Å². The zero-order valence-electron chi connectivity index (χ0n) is 14.6. The van der Waals surface area contributed by atoms with Crippen LogP contribution in [0.2, 0.25) is 5.02 Å². The Balaban J connectivity index is 0.00000102. The van der Waals surface area contributed by atoms with Gasteiger partial charge in [-0.15, -0.1) is 0 Å². The van der Waals surface area contributed by atoms with E-state index in [1.165, 1.54) is 0 Å². The predicted molar refractivity (Wildman–Crippen MR) is 94.4 cm³/mol. The van der Waals surface area contributed by atoms with Gasteiger partial charge in [0.15, 0.2) is 0 Å². The van der Waals surface area contributed by atoms with Gasteiger partial charge in [0.05, 0.1) is 18.2 Å². The van der Waals surface area contributed by atoms with Crippen molar-refractivity contribution in [3.05, 3.63) is 34.1 Å². The lowest BCUT2D eigenvalue weighted by Crippen LogP contribution is -2.41. The van der Waals surface area contributed by atoms with E-state index in [2.05, 4.69) is 5.32 Å². The monoisotopic (exact) mass is 331 g/mol. The Kier molecular flexibility index (Phi) is 12.5. The Morgan fingerprint density at radius 2 is 1.95 bits per heavy atom. The minimum Gasteiger partial charge on any atom is -0.379 e. The average Bonchev–Trinajstić information content (AvgIpc) is 2.57. The van der Waals surface area contributed by atoms with E-state index in [0.29, 0.717) is 11.6 Å². The van der Waals surface area contributed by atoms with Crippen LogP contribution >= 0.6 is 11.6 Å². The number of halogens is 2. The number of hydrogen-bond acceptors (Lipinski definition) is 2. The lowest BCUT2D eigenvalue weighted by atomic mass is 10.0. The molecule has 0 saturated carbocycles. The third kappa shape index (κ3) is 7.57. The molecule has 1 fully saturated rings. The number of aryl methyl sites for hydroxylation is 2. The molecule has 1 N–H and O–H groups in total. The van der Waals surface area contributed by atoms with Crippen LogP contribution in [0.15, 0.2) is 12.1 Å². The van der Waals surface area contributed by atoms with Gasteiger partial charge in [-0.3, -0.25) is 0 Å². The molecule has 0 amide bonds. The molecule has 0 radical (unpaired) electrons. The van der Waals surface area contributed by atoms with Crippen molar-refractivity contribution in [2.45, 2.75) is 59.9 Å². The van der Waals surface area contributed by atoms with Crippen molar-refractivity contribution in [2.24, 2.45) is 0 Å². The van der Waals surface area contributed by atoms with Crippen LogP contribution in [-0.4, -0.2) is 25.8 Å². The molecule has 2 rings (SSSR count). The third-order valence-corrected chi connectivity index (χ3v) is 3.56. The lowest BCUT2D eigenvalue weighted by molar-refractivity contribution is 0.0736. The summed E-state index contributed by atoms with van der Waals surface area (Å²) < 4.78 is 18.8. The van der Waals surface area contributed by atoms with Crippen LogP contribution in [0.3, 0.4) is 0 Å². The Bertz CT molecular complexity index is 383. The summed E-state index contributed by atoms with van der Waals surface area (Å²) in [6, 6.07) is 4.07. The molecular formula is C18H31ClFNO. The van der Waals surface area contributed by atoms with Gasteiger partial charge in [-0.2, -0.15) is 0 Å².